The number of imidazole rings is 1. The largest absolute Gasteiger partial charge is 0.367 e. The van der Waals surface area contributed by atoms with E-state index in [-0.39, 0.29) is 5.91 Å². The fourth-order valence-corrected chi connectivity index (χ4v) is 3.49. The number of fused-ring (bicyclic) bond motifs is 1. The highest BCUT2D eigenvalue weighted by molar-refractivity contribution is 5.97. The van der Waals surface area contributed by atoms with Crippen molar-refractivity contribution >= 4 is 16.9 Å². The molecule has 0 aliphatic rings. The van der Waals surface area contributed by atoms with Gasteiger partial charge in [-0.2, -0.15) is 0 Å². The van der Waals surface area contributed by atoms with Crippen molar-refractivity contribution in [1.82, 2.24) is 24.8 Å². The van der Waals surface area contributed by atoms with E-state index in [2.05, 4.69) is 32.4 Å². The summed E-state index contributed by atoms with van der Waals surface area (Å²) < 4.78 is 2.03. The molecule has 0 aliphatic heterocycles. The van der Waals surface area contributed by atoms with Gasteiger partial charge < -0.3 is 10.3 Å². The van der Waals surface area contributed by atoms with Gasteiger partial charge in [-0.3, -0.25) is 14.3 Å². The number of pyridine rings is 1. The van der Waals surface area contributed by atoms with Crippen LogP contribution in [0.1, 0.15) is 15.9 Å². The highest BCUT2D eigenvalue weighted by atomic mass is 16.1. The van der Waals surface area contributed by atoms with E-state index in [4.69, 9.17) is 0 Å². The number of aromatic nitrogens is 4. The van der Waals surface area contributed by atoms with E-state index in [1.165, 1.54) is 0 Å². The molecule has 0 radical (unpaired) electrons. The molecule has 30 heavy (non-hydrogen) atoms. The molecule has 5 rings (SSSR count). The van der Waals surface area contributed by atoms with Gasteiger partial charge in [0, 0.05) is 42.6 Å². The number of amides is 1. The number of benzene rings is 2. The number of carbonyl (C=O) groups is 1. The summed E-state index contributed by atoms with van der Waals surface area (Å²) in [6.07, 6.45) is 9.13. The van der Waals surface area contributed by atoms with Crippen LogP contribution >= 0.6 is 0 Å². The summed E-state index contributed by atoms with van der Waals surface area (Å²) in [7, 11) is 0. The Balaban J connectivity index is 1.40. The maximum Gasteiger partial charge on any atom is 0.251 e. The Morgan fingerprint density at radius 1 is 1.03 bits per heavy atom. The van der Waals surface area contributed by atoms with Gasteiger partial charge in [-0.1, -0.05) is 18.2 Å². The van der Waals surface area contributed by atoms with Crippen LogP contribution in [0.3, 0.4) is 0 Å². The molecular weight excluding hydrogens is 374 g/mol. The quantitative estimate of drug-likeness (QED) is 0.466. The molecule has 3 heterocycles. The van der Waals surface area contributed by atoms with Crippen LogP contribution in [0.15, 0.2) is 91.8 Å². The van der Waals surface area contributed by atoms with Crippen molar-refractivity contribution in [3.63, 3.8) is 0 Å². The van der Waals surface area contributed by atoms with Crippen LogP contribution in [-0.2, 0) is 6.54 Å². The summed E-state index contributed by atoms with van der Waals surface area (Å²) in [5.41, 5.74) is 6.54. The number of nitrogens with zero attached hydrogens (tertiary/aromatic N) is 3. The van der Waals surface area contributed by atoms with E-state index < -0.39 is 0 Å². The standard InChI is InChI=1S/C24H19N5O/c30-24(27-14-17-3-2-9-25-13-17)19-6-7-23-22(12-19)28-16-29(23)21-5-1-4-18(11-21)20-8-10-26-15-20/h1-13,15-16,26H,14H2,(H,27,30). The molecule has 0 unspecified atom stereocenters. The SMILES string of the molecule is O=C(NCc1cccnc1)c1ccc2c(c1)ncn2-c1cccc(-c2cc[nH]c2)c1. The van der Waals surface area contributed by atoms with Gasteiger partial charge in [0.25, 0.3) is 5.91 Å². The van der Waals surface area contributed by atoms with Gasteiger partial charge in [0.1, 0.15) is 6.33 Å². The summed E-state index contributed by atoms with van der Waals surface area (Å²) in [5, 5.41) is 2.93. The molecule has 6 nitrogen and oxygen atoms in total. The predicted octanol–water partition coefficient (Wildman–Crippen LogP) is 4.35. The first-order chi connectivity index (χ1) is 14.8. The zero-order valence-electron chi connectivity index (χ0n) is 16.1. The van der Waals surface area contributed by atoms with Gasteiger partial charge in [-0.15, -0.1) is 0 Å². The van der Waals surface area contributed by atoms with Gasteiger partial charge in [-0.05, 0) is 59.2 Å². The Labute approximate surface area is 173 Å². The van der Waals surface area contributed by atoms with Crippen LogP contribution in [0, 0.1) is 0 Å². The van der Waals surface area contributed by atoms with Crippen molar-refractivity contribution in [3.05, 3.63) is 103 Å². The molecule has 0 saturated heterocycles. The average Bonchev–Trinajstić information content (AvgIpc) is 3.48. The summed E-state index contributed by atoms with van der Waals surface area (Å²) in [6, 6.07) is 19.7. The highest BCUT2D eigenvalue weighted by Crippen LogP contribution is 2.24. The maximum absolute atomic E-state index is 12.5. The number of nitrogens with one attached hydrogen (secondary N) is 2. The van der Waals surface area contributed by atoms with Crippen LogP contribution in [0.5, 0.6) is 0 Å². The monoisotopic (exact) mass is 393 g/mol. The van der Waals surface area contributed by atoms with Gasteiger partial charge >= 0.3 is 0 Å². The van der Waals surface area contributed by atoms with Crippen LogP contribution in [0.25, 0.3) is 27.8 Å². The number of rotatable bonds is 5. The Bertz CT molecular complexity index is 1310. The molecular formula is C24H19N5O. The zero-order valence-corrected chi connectivity index (χ0v) is 16.1. The number of hydrogen-bond acceptors (Lipinski definition) is 3. The lowest BCUT2D eigenvalue weighted by molar-refractivity contribution is 0.0951. The summed E-state index contributed by atoms with van der Waals surface area (Å²) in [5.74, 6) is -0.134. The molecule has 0 bridgehead atoms. The second-order valence-corrected chi connectivity index (χ2v) is 7.01. The van der Waals surface area contributed by atoms with E-state index in [1.807, 2.05) is 65.5 Å². The molecule has 3 aromatic heterocycles. The Morgan fingerprint density at radius 3 is 2.83 bits per heavy atom. The average molecular weight is 393 g/mol. The van der Waals surface area contributed by atoms with E-state index in [9.17, 15) is 4.79 Å². The van der Waals surface area contributed by atoms with Crippen molar-refractivity contribution in [1.29, 1.82) is 0 Å². The Kier molecular flexibility index (Phi) is 4.57. The number of hydrogen-bond donors (Lipinski definition) is 2. The lowest BCUT2D eigenvalue weighted by Gasteiger charge is -2.08. The second kappa shape index (κ2) is 7.67. The minimum atomic E-state index is -0.134. The van der Waals surface area contributed by atoms with Crippen molar-refractivity contribution in [2.24, 2.45) is 0 Å². The second-order valence-electron chi connectivity index (χ2n) is 7.01. The van der Waals surface area contributed by atoms with Crippen molar-refractivity contribution in [2.75, 3.05) is 0 Å². The Hall–Kier alpha value is -4.19. The summed E-state index contributed by atoms with van der Waals surface area (Å²) in [6.45, 7) is 0.436. The molecule has 1 amide bonds. The Morgan fingerprint density at radius 2 is 2.00 bits per heavy atom. The molecule has 0 fully saturated rings. The third-order valence-corrected chi connectivity index (χ3v) is 5.04. The first-order valence-electron chi connectivity index (χ1n) is 9.66. The van der Waals surface area contributed by atoms with E-state index in [1.54, 1.807) is 18.7 Å². The normalized spacial score (nSPS) is 10.9. The summed E-state index contributed by atoms with van der Waals surface area (Å²) in [4.78, 5) is 24.2. The molecule has 0 saturated carbocycles. The fraction of sp³-hybridized carbons (Fsp3) is 0.0417. The number of H-pyrrole nitrogens is 1. The predicted molar refractivity (Wildman–Crippen MR) is 116 cm³/mol. The molecule has 0 spiro atoms. The van der Waals surface area contributed by atoms with Crippen molar-refractivity contribution in [2.45, 2.75) is 6.54 Å². The molecule has 0 aliphatic carbocycles. The topological polar surface area (TPSA) is 75.6 Å². The smallest absolute Gasteiger partial charge is 0.251 e. The van der Waals surface area contributed by atoms with Gasteiger partial charge in [-0.25, -0.2) is 4.98 Å². The zero-order chi connectivity index (χ0) is 20.3. The molecule has 2 N–H and O–H groups in total. The highest BCUT2D eigenvalue weighted by Gasteiger charge is 2.11. The van der Waals surface area contributed by atoms with Crippen molar-refractivity contribution in [3.8, 4) is 16.8 Å². The van der Waals surface area contributed by atoms with E-state index >= 15 is 0 Å². The number of aromatic amines is 1. The lowest BCUT2D eigenvalue weighted by Crippen LogP contribution is -2.22. The minimum Gasteiger partial charge on any atom is -0.367 e. The maximum atomic E-state index is 12.5. The molecule has 5 aromatic rings. The van der Waals surface area contributed by atoms with E-state index in [0.717, 1.165) is 33.4 Å². The molecule has 146 valence electrons. The van der Waals surface area contributed by atoms with Gasteiger partial charge in [0.05, 0.1) is 11.0 Å². The van der Waals surface area contributed by atoms with Crippen molar-refractivity contribution < 1.29 is 4.79 Å². The minimum absolute atomic E-state index is 0.134. The van der Waals surface area contributed by atoms with Crippen LogP contribution in [0.4, 0.5) is 0 Å². The third kappa shape index (κ3) is 3.46. The van der Waals surface area contributed by atoms with Gasteiger partial charge in [0.2, 0.25) is 0 Å². The molecule has 6 heteroatoms. The van der Waals surface area contributed by atoms with E-state index in [0.29, 0.717) is 12.1 Å². The van der Waals surface area contributed by atoms with Crippen LogP contribution < -0.4 is 5.32 Å². The molecule has 0 atom stereocenters. The number of carbonyl (C=O) groups excluding carboxylic acids is 1. The van der Waals surface area contributed by atoms with Crippen LogP contribution in [-0.4, -0.2) is 25.4 Å². The molecule has 2 aromatic carbocycles. The first kappa shape index (κ1) is 17.9. The first-order valence-corrected chi connectivity index (χ1v) is 9.66. The third-order valence-electron chi connectivity index (χ3n) is 5.04. The van der Waals surface area contributed by atoms with Gasteiger partial charge in [0.15, 0.2) is 0 Å². The van der Waals surface area contributed by atoms with Crippen LogP contribution in [0.2, 0.25) is 0 Å². The summed E-state index contributed by atoms with van der Waals surface area (Å²) >= 11 is 0. The fourth-order valence-electron chi connectivity index (χ4n) is 3.49. The lowest BCUT2D eigenvalue weighted by atomic mass is 10.1.